The zero-order valence-electron chi connectivity index (χ0n) is 5.12. The summed E-state index contributed by atoms with van der Waals surface area (Å²) in [7, 11) is -9.27. The molecule has 0 aromatic carbocycles. The smallest absolute Gasteiger partial charge is 0.155 e. The van der Waals surface area contributed by atoms with E-state index in [0.29, 0.717) is 0 Å². The summed E-state index contributed by atoms with van der Waals surface area (Å²) >= 11 is -0.106. The number of nitrogens with one attached hydrogen (secondary N) is 2. The van der Waals surface area contributed by atoms with Gasteiger partial charge in [-0.25, -0.2) is 0 Å². The Hall–Kier alpha value is 0.800. The standard InChI is InChI=1S/F4H2N4P2S2/c1-9(2)5-11-7-10(3,4)8-12-6-9/h5,8H. The van der Waals surface area contributed by atoms with Crippen LogP contribution >= 0.6 is 39.9 Å². The molecule has 0 radical (unpaired) electrons. The van der Waals surface area contributed by atoms with E-state index in [-0.39, 0.29) is 24.3 Å². The molecular formula is H2F4N4P2S2. The lowest BCUT2D eigenvalue weighted by molar-refractivity contribution is 0.713. The Kier molecular flexibility index (Phi) is 3.53. The lowest BCUT2D eigenvalue weighted by Gasteiger charge is -2.09. The van der Waals surface area contributed by atoms with Crippen molar-refractivity contribution in [1.29, 1.82) is 0 Å². The van der Waals surface area contributed by atoms with Gasteiger partial charge in [0.05, 0.1) is 24.3 Å². The summed E-state index contributed by atoms with van der Waals surface area (Å²) in [6, 6.07) is 0. The Labute approximate surface area is 74.5 Å². The van der Waals surface area contributed by atoms with Crippen LogP contribution in [0.2, 0.25) is 0 Å². The molecule has 1 heterocycles. The van der Waals surface area contributed by atoms with Gasteiger partial charge in [0.2, 0.25) is 0 Å². The van der Waals surface area contributed by atoms with Gasteiger partial charge in [0, 0.05) is 0 Å². The highest BCUT2D eigenvalue weighted by Crippen LogP contribution is 2.60. The molecule has 12 heteroatoms. The van der Waals surface area contributed by atoms with Gasteiger partial charge in [0.1, 0.15) is 0 Å². The number of nitrogens with zero attached hydrogens (tertiary/aromatic N) is 2. The fourth-order valence-corrected chi connectivity index (χ4v) is 3.69. The van der Waals surface area contributed by atoms with Gasteiger partial charge in [-0.15, -0.1) is 8.30 Å². The maximum absolute atomic E-state index is 12.4. The molecule has 0 saturated heterocycles. The predicted octanol–water partition coefficient (Wildman–Crippen LogP) is 4.08. The van der Waals surface area contributed by atoms with E-state index in [1.165, 1.54) is 8.99 Å². The Morgan fingerprint density at radius 3 is 1.50 bits per heavy atom. The molecule has 0 saturated carbocycles. The van der Waals surface area contributed by atoms with Gasteiger partial charge in [-0.2, -0.15) is 25.8 Å². The second-order valence-corrected chi connectivity index (χ2v) is 6.57. The molecule has 2 N–H and O–H groups in total. The Morgan fingerprint density at radius 1 is 0.833 bits per heavy atom. The van der Waals surface area contributed by atoms with Crippen molar-refractivity contribution in [3.8, 4) is 0 Å². The van der Waals surface area contributed by atoms with Crippen molar-refractivity contribution in [2.24, 2.45) is 8.30 Å². The molecule has 0 fully saturated rings. The number of rotatable bonds is 0. The van der Waals surface area contributed by atoms with Crippen LogP contribution in [0.3, 0.4) is 0 Å². The van der Waals surface area contributed by atoms with Crippen LogP contribution in [-0.4, -0.2) is 0 Å². The van der Waals surface area contributed by atoms with Gasteiger partial charge >= 0.3 is 15.7 Å². The van der Waals surface area contributed by atoms with Crippen LogP contribution in [0.5, 0.6) is 0 Å². The highest BCUT2D eigenvalue weighted by atomic mass is 32.2. The molecule has 12 heavy (non-hydrogen) atoms. The van der Waals surface area contributed by atoms with Crippen LogP contribution in [0, 0.1) is 0 Å². The summed E-state index contributed by atoms with van der Waals surface area (Å²) in [5.74, 6) is 0. The molecule has 1 aliphatic heterocycles. The SMILES string of the molecule is FP1(F)=NSNP(F)(F)=NSN1. The fourth-order valence-electron chi connectivity index (χ4n) is 0.271. The van der Waals surface area contributed by atoms with Crippen molar-refractivity contribution in [3.63, 3.8) is 0 Å². The molecule has 0 spiro atoms. The van der Waals surface area contributed by atoms with E-state index in [1.54, 1.807) is 0 Å². The van der Waals surface area contributed by atoms with E-state index < -0.39 is 15.7 Å². The lowest BCUT2D eigenvalue weighted by Crippen LogP contribution is -1.96. The number of hydrogen-bond acceptors (Lipinski definition) is 6. The van der Waals surface area contributed by atoms with E-state index in [0.717, 1.165) is 0 Å². The van der Waals surface area contributed by atoms with Crippen LogP contribution in [0.1, 0.15) is 0 Å². The van der Waals surface area contributed by atoms with Crippen molar-refractivity contribution in [2.45, 2.75) is 0 Å². The number of halogens is 4. The Bertz CT molecular complexity index is 236. The van der Waals surface area contributed by atoms with Crippen LogP contribution in [0.15, 0.2) is 8.30 Å². The third kappa shape index (κ3) is 3.68. The van der Waals surface area contributed by atoms with E-state index in [9.17, 15) is 16.8 Å². The summed E-state index contributed by atoms with van der Waals surface area (Å²) in [6.07, 6.45) is 0. The molecule has 1 aliphatic rings. The summed E-state index contributed by atoms with van der Waals surface area (Å²) in [6.45, 7) is 0. The maximum atomic E-state index is 12.4. The molecule has 0 aromatic rings. The average molecular weight is 260 g/mol. The summed E-state index contributed by atoms with van der Waals surface area (Å²) < 4.78 is 57.7. The molecule has 72 valence electrons. The summed E-state index contributed by atoms with van der Waals surface area (Å²) in [5.41, 5.74) is 0. The molecule has 0 atom stereocenters. The monoisotopic (exact) mass is 260 g/mol. The lowest BCUT2D eigenvalue weighted by atomic mass is 13.8. The molecule has 0 aliphatic carbocycles. The van der Waals surface area contributed by atoms with E-state index in [4.69, 9.17) is 0 Å². The first-order valence-electron chi connectivity index (χ1n) is 2.30. The quantitative estimate of drug-likeness (QED) is 0.391. The number of hydrogen-bond donors (Lipinski definition) is 2. The normalized spacial score (nSPS) is 27.7. The zero-order valence-corrected chi connectivity index (χ0v) is 8.54. The highest BCUT2D eigenvalue weighted by molar-refractivity contribution is 8.08. The van der Waals surface area contributed by atoms with Crippen LogP contribution in [-0.2, 0) is 0 Å². The fraction of sp³-hybridized carbons (Fsp3) is 0. The molecular weight excluding hydrogens is 258 g/mol. The van der Waals surface area contributed by atoms with Crippen molar-refractivity contribution in [3.05, 3.63) is 0 Å². The average Bonchev–Trinajstić information content (AvgIpc) is 1.82. The van der Waals surface area contributed by atoms with E-state index in [2.05, 4.69) is 8.30 Å². The Morgan fingerprint density at radius 2 is 1.17 bits per heavy atom. The first kappa shape index (κ1) is 10.9. The van der Waals surface area contributed by atoms with Gasteiger partial charge in [-0.3, -0.25) is 0 Å². The summed E-state index contributed by atoms with van der Waals surface area (Å²) in [4.78, 5) is 0. The second-order valence-electron chi connectivity index (χ2n) is 1.50. The summed E-state index contributed by atoms with van der Waals surface area (Å²) in [5, 5.41) is 0. The molecule has 1 rings (SSSR count). The van der Waals surface area contributed by atoms with Crippen LogP contribution in [0.25, 0.3) is 0 Å². The van der Waals surface area contributed by atoms with Crippen molar-refractivity contribution in [1.82, 2.24) is 8.99 Å². The van der Waals surface area contributed by atoms with Gasteiger partial charge in [0.15, 0.2) is 0 Å². The van der Waals surface area contributed by atoms with Gasteiger partial charge in [0.25, 0.3) is 0 Å². The third-order valence-corrected chi connectivity index (χ3v) is 5.29. The Balaban J connectivity index is 2.73. The first-order valence-corrected chi connectivity index (χ1v) is 6.89. The minimum Gasteiger partial charge on any atom is -0.155 e. The van der Waals surface area contributed by atoms with Crippen molar-refractivity contribution in [2.75, 3.05) is 0 Å². The molecule has 4 nitrogen and oxygen atoms in total. The zero-order chi connectivity index (χ0) is 9.24. The molecule has 0 aromatic heterocycles. The predicted molar refractivity (Wildman–Crippen MR) is 44.6 cm³/mol. The first-order chi connectivity index (χ1) is 5.41. The van der Waals surface area contributed by atoms with E-state index >= 15 is 0 Å². The third-order valence-electron chi connectivity index (χ3n) is 0.588. The largest absolute Gasteiger partial charge is 0.387 e. The van der Waals surface area contributed by atoms with Crippen molar-refractivity contribution >= 4 is 39.9 Å². The molecule has 0 amide bonds. The van der Waals surface area contributed by atoms with E-state index in [1.807, 2.05) is 0 Å². The second kappa shape index (κ2) is 3.89. The highest BCUT2D eigenvalue weighted by Gasteiger charge is 2.24. The molecule has 0 unspecified atom stereocenters. The van der Waals surface area contributed by atoms with Crippen LogP contribution < -0.4 is 8.99 Å². The minimum atomic E-state index is -4.64. The van der Waals surface area contributed by atoms with Gasteiger partial charge < -0.3 is 0 Å². The van der Waals surface area contributed by atoms with Gasteiger partial charge in [-0.1, -0.05) is 0 Å². The maximum Gasteiger partial charge on any atom is 0.387 e. The van der Waals surface area contributed by atoms with Crippen LogP contribution in [0.4, 0.5) is 16.8 Å². The van der Waals surface area contributed by atoms with Crippen molar-refractivity contribution < 1.29 is 16.8 Å². The minimum absolute atomic E-state index is 0.0529. The topological polar surface area (TPSA) is 48.8 Å². The molecule has 0 bridgehead atoms. The van der Waals surface area contributed by atoms with Gasteiger partial charge in [-0.05, 0) is 0 Å².